The molecule has 2 aromatic heterocycles. The van der Waals surface area contributed by atoms with Gasteiger partial charge in [-0.3, -0.25) is 9.59 Å². The number of benzene rings is 1. The first-order valence-electron chi connectivity index (χ1n) is 9.65. The highest BCUT2D eigenvalue weighted by atomic mass is 32.1. The summed E-state index contributed by atoms with van der Waals surface area (Å²) in [5, 5.41) is 6.43. The number of nitrogens with zero attached hydrogens (tertiary/aromatic N) is 2. The van der Waals surface area contributed by atoms with Crippen molar-refractivity contribution in [1.82, 2.24) is 9.97 Å². The number of hydrogen-bond acceptors (Lipinski definition) is 6. The minimum absolute atomic E-state index is 0.152. The van der Waals surface area contributed by atoms with Crippen LogP contribution in [-0.4, -0.2) is 28.4 Å². The molecular formula is C21H22N4O3S. The van der Waals surface area contributed by atoms with Crippen molar-refractivity contribution in [1.29, 1.82) is 0 Å². The van der Waals surface area contributed by atoms with E-state index in [-0.39, 0.29) is 18.4 Å². The van der Waals surface area contributed by atoms with Crippen LogP contribution in [0.2, 0.25) is 0 Å². The second-order valence-corrected chi connectivity index (χ2v) is 8.11. The third-order valence-electron chi connectivity index (χ3n) is 4.77. The standard InChI is InChI=1S/C21H22N4O3S/c1-13(26)24-14-6-5-7-15(10-14)25-18(27)11-28-20-19-16-8-3-2-4-9-17(16)29-21(19)23-12-22-20/h5-7,10,12H,2-4,8-9,11H2,1H3,(H,24,26)(H,25,27). The molecule has 1 aliphatic carbocycles. The number of aromatic nitrogens is 2. The van der Waals surface area contributed by atoms with Crippen LogP contribution in [0.25, 0.3) is 10.2 Å². The summed E-state index contributed by atoms with van der Waals surface area (Å²) in [6.07, 6.45) is 7.14. The van der Waals surface area contributed by atoms with Gasteiger partial charge in [-0.1, -0.05) is 12.5 Å². The predicted octanol–water partition coefficient (Wildman–Crippen LogP) is 3.94. The van der Waals surface area contributed by atoms with Gasteiger partial charge in [-0.25, -0.2) is 9.97 Å². The molecule has 2 amide bonds. The van der Waals surface area contributed by atoms with Gasteiger partial charge in [0.1, 0.15) is 11.2 Å². The molecule has 0 saturated carbocycles. The molecule has 0 bridgehead atoms. The Balaban J connectivity index is 1.46. The molecule has 7 nitrogen and oxygen atoms in total. The van der Waals surface area contributed by atoms with Gasteiger partial charge >= 0.3 is 0 Å². The first-order valence-corrected chi connectivity index (χ1v) is 10.5. The van der Waals surface area contributed by atoms with Crippen molar-refractivity contribution in [2.45, 2.75) is 39.0 Å². The van der Waals surface area contributed by atoms with Crippen molar-refractivity contribution in [3.05, 3.63) is 41.0 Å². The summed E-state index contributed by atoms with van der Waals surface area (Å²) >= 11 is 1.70. The SMILES string of the molecule is CC(=O)Nc1cccc(NC(=O)COc2ncnc3sc4c(c23)CCCCC4)c1. The van der Waals surface area contributed by atoms with E-state index < -0.39 is 0 Å². The number of amides is 2. The molecule has 0 atom stereocenters. The van der Waals surface area contributed by atoms with Gasteiger partial charge < -0.3 is 15.4 Å². The number of hydrogen-bond donors (Lipinski definition) is 2. The summed E-state index contributed by atoms with van der Waals surface area (Å²) in [4.78, 5) is 34.5. The number of nitrogens with one attached hydrogen (secondary N) is 2. The summed E-state index contributed by atoms with van der Waals surface area (Å²) in [6.45, 7) is 1.29. The number of thiophene rings is 1. The van der Waals surface area contributed by atoms with Crippen LogP contribution in [0.1, 0.15) is 36.6 Å². The molecule has 0 spiro atoms. The van der Waals surface area contributed by atoms with Gasteiger partial charge in [0.15, 0.2) is 6.61 Å². The average Bonchev–Trinajstić information content (AvgIpc) is 2.88. The van der Waals surface area contributed by atoms with Crippen molar-refractivity contribution in [2.75, 3.05) is 17.2 Å². The fourth-order valence-corrected chi connectivity index (χ4v) is 4.78. The Kier molecular flexibility index (Phi) is 5.71. The Labute approximate surface area is 172 Å². The van der Waals surface area contributed by atoms with Crippen LogP contribution in [-0.2, 0) is 22.4 Å². The lowest BCUT2D eigenvalue weighted by Gasteiger charge is -2.10. The largest absolute Gasteiger partial charge is 0.467 e. The smallest absolute Gasteiger partial charge is 0.262 e. The van der Waals surface area contributed by atoms with Gasteiger partial charge in [0.2, 0.25) is 11.8 Å². The molecule has 0 saturated heterocycles. The summed E-state index contributed by atoms with van der Waals surface area (Å²) in [6, 6.07) is 6.97. The molecule has 0 fully saturated rings. The maximum atomic E-state index is 12.4. The number of fused-ring (bicyclic) bond motifs is 3. The second kappa shape index (κ2) is 8.57. The maximum Gasteiger partial charge on any atom is 0.262 e. The fourth-order valence-electron chi connectivity index (χ4n) is 3.56. The Morgan fingerprint density at radius 3 is 2.72 bits per heavy atom. The van der Waals surface area contributed by atoms with Gasteiger partial charge in [-0.15, -0.1) is 11.3 Å². The molecule has 4 rings (SSSR count). The number of anilines is 2. The third-order valence-corrected chi connectivity index (χ3v) is 5.97. The van der Waals surface area contributed by atoms with Crippen molar-refractivity contribution < 1.29 is 14.3 Å². The number of rotatable bonds is 5. The molecule has 1 aromatic carbocycles. The lowest BCUT2D eigenvalue weighted by molar-refractivity contribution is -0.118. The Morgan fingerprint density at radius 2 is 1.90 bits per heavy atom. The summed E-state index contributed by atoms with van der Waals surface area (Å²) < 4.78 is 5.79. The van der Waals surface area contributed by atoms with Gasteiger partial charge in [0.05, 0.1) is 5.39 Å². The summed E-state index contributed by atoms with van der Waals surface area (Å²) in [7, 11) is 0. The molecule has 2 heterocycles. The van der Waals surface area contributed by atoms with E-state index in [9.17, 15) is 9.59 Å². The minimum Gasteiger partial charge on any atom is -0.467 e. The Morgan fingerprint density at radius 1 is 1.10 bits per heavy atom. The lowest BCUT2D eigenvalue weighted by Crippen LogP contribution is -2.20. The number of aryl methyl sites for hydroxylation is 2. The maximum absolute atomic E-state index is 12.4. The quantitative estimate of drug-likeness (QED) is 0.622. The molecule has 2 N–H and O–H groups in total. The number of ether oxygens (including phenoxy) is 1. The highest BCUT2D eigenvalue weighted by molar-refractivity contribution is 7.18. The zero-order chi connectivity index (χ0) is 20.2. The highest BCUT2D eigenvalue weighted by Gasteiger charge is 2.20. The van der Waals surface area contributed by atoms with Gasteiger partial charge in [-0.2, -0.15) is 0 Å². The highest BCUT2D eigenvalue weighted by Crippen LogP contribution is 2.38. The first-order chi connectivity index (χ1) is 14.1. The number of carbonyl (C=O) groups excluding carboxylic acids is 2. The predicted molar refractivity (Wildman–Crippen MR) is 114 cm³/mol. The summed E-state index contributed by atoms with van der Waals surface area (Å²) in [5.74, 6) is 0.00841. The van der Waals surface area contributed by atoms with Crippen LogP contribution >= 0.6 is 11.3 Å². The van der Waals surface area contributed by atoms with Crippen LogP contribution in [0.5, 0.6) is 5.88 Å². The van der Waals surface area contributed by atoms with E-state index >= 15 is 0 Å². The topological polar surface area (TPSA) is 93.2 Å². The van der Waals surface area contributed by atoms with E-state index in [1.54, 1.807) is 35.6 Å². The summed E-state index contributed by atoms with van der Waals surface area (Å²) in [5.41, 5.74) is 2.48. The van der Waals surface area contributed by atoms with Crippen molar-refractivity contribution in [3.63, 3.8) is 0 Å². The molecule has 8 heteroatoms. The first kappa shape index (κ1) is 19.3. The van der Waals surface area contributed by atoms with E-state index in [1.165, 1.54) is 36.5 Å². The monoisotopic (exact) mass is 410 g/mol. The van der Waals surface area contributed by atoms with Crippen molar-refractivity contribution >= 4 is 44.7 Å². The second-order valence-electron chi connectivity index (χ2n) is 7.02. The van der Waals surface area contributed by atoms with Crippen molar-refractivity contribution in [3.8, 4) is 5.88 Å². The van der Waals surface area contributed by atoms with Crippen LogP contribution in [0.15, 0.2) is 30.6 Å². The van der Waals surface area contributed by atoms with Gasteiger partial charge in [-0.05, 0) is 49.4 Å². The molecule has 3 aromatic rings. The van der Waals surface area contributed by atoms with Crippen LogP contribution in [0.4, 0.5) is 11.4 Å². The van der Waals surface area contributed by atoms with Crippen molar-refractivity contribution in [2.24, 2.45) is 0 Å². The van der Waals surface area contributed by atoms with E-state index in [2.05, 4.69) is 20.6 Å². The molecule has 150 valence electrons. The zero-order valence-corrected chi connectivity index (χ0v) is 17.0. The molecule has 0 radical (unpaired) electrons. The van der Waals surface area contributed by atoms with E-state index in [4.69, 9.17) is 4.74 Å². The van der Waals surface area contributed by atoms with Crippen LogP contribution in [0, 0.1) is 0 Å². The zero-order valence-electron chi connectivity index (χ0n) is 16.2. The molecule has 0 aliphatic heterocycles. The molecule has 29 heavy (non-hydrogen) atoms. The van der Waals surface area contributed by atoms with Crippen LogP contribution < -0.4 is 15.4 Å². The van der Waals surface area contributed by atoms with E-state index in [0.29, 0.717) is 17.3 Å². The lowest BCUT2D eigenvalue weighted by atomic mass is 10.1. The van der Waals surface area contributed by atoms with E-state index in [1.807, 2.05) is 0 Å². The Hall–Kier alpha value is -3.00. The van der Waals surface area contributed by atoms with Gasteiger partial charge in [0, 0.05) is 23.2 Å². The van der Waals surface area contributed by atoms with Crippen LogP contribution in [0.3, 0.4) is 0 Å². The fraction of sp³-hybridized carbons (Fsp3) is 0.333. The third kappa shape index (κ3) is 4.54. The average molecular weight is 410 g/mol. The normalized spacial score (nSPS) is 13.4. The van der Waals surface area contributed by atoms with E-state index in [0.717, 1.165) is 29.5 Å². The Bertz CT molecular complexity index is 1060. The molecule has 0 unspecified atom stereocenters. The minimum atomic E-state index is -0.293. The van der Waals surface area contributed by atoms with Gasteiger partial charge in [0.25, 0.3) is 5.91 Å². The molecule has 1 aliphatic rings. The number of carbonyl (C=O) groups is 2. The molecular weight excluding hydrogens is 388 g/mol.